The molecular weight excluding hydrogens is 144 g/mol. The molecule has 0 amide bonds. The smallest absolute Gasteiger partial charge is 0.450 e. The Labute approximate surface area is 57.0 Å². The Bertz CT molecular complexity index is 94.3. The second kappa shape index (κ2) is 7.54. The second-order valence-electron chi connectivity index (χ2n) is 0.940. The highest BCUT2D eigenvalue weighted by molar-refractivity contribution is 5.56. The predicted octanol–water partition coefficient (Wildman–Crippen LogP) is 0.622. The monoisotopic (exact) mass is 152 g/mol. The molecule has 6 heteroatoms. The highest BCUT2D eigenvalue weighted by atomic mass is 16.7. The fourth-order valence-electron chi connectivity index (χ4n) is 0. The summed E-state index contributed by atoms with van der Waals surface area (Å²) >= 11 is 0. The molecule has 0 saturated carbocycles. The molecule has 0 aliphatic carbocycles. The lowest BCUT2D eigenvalue weighted by atomic mass is 11.4. The maximum atomic E-state index is 9.15. The highest BCUT2D eigenvalue weighted by Crippen LogP contribution is 1.61. The number of ether oxygens (including phenoxy) is 2. The van der Waals surface area contributed by atoms with Crippen molar-refractivity contribution >= 4 is 12.3 Å². The minimum Gasteiger partial charge on any atom is -0.450 e. The molecule has 0 spiro atoms. The normalized spacial score (nSPS) is 6.60. The Morgan fingerprint density at radius 3 is 1.10 bits per heavy atom. The minimum absolute atomic E-state index is 1.10. The van der Waals surface area contributed by atoms with Crippen LogP contribution < -0.4 is 0 Å². The second-order valence-corrected chi connectivity index (χ2v) is 0.940. The van der Waals surface area contributed by atoms with E-state index >= 15 is 0 Å². The molecule has 0 heterocycles. The zero-order chi connectivity index (χ0) is 8.57. The summed E-state index contributed by atoms with van der Waals surface area (Å²) in [4.78, 5) is 18.3. The Hall–Kier alpha value is -1.46. The van der Waals surface area contributed by atoms with Crippen LogP contribution in [0.4, 0.5) is 9.59 Å². The van der Waals surface area contributed by atoms with Crippen LogP contribution in [0, 0.1) is 0 Å². The summed E-state index contributed by atoms with van der Waals surface area (Å²) in [6.45, 7) is 0. The van der Waals surface area contributed by atoms with Crippen molar-refractivity contribution in [2.24, 2.45) is 0 Å². The molecule has 0 saturated heterocycles. The average Bonchev–Trinajstić information content (AvgIpc) is 1.89. The van der Waals surface area contributed by atoms with Crippen molar-refractivity contribution in [3.8, 4) is 0 Å². The van der Waals surface area contributed by atoms with Crippen LogP contribution in [0.2, 0.25) is 0 Å². The van der Waals surface area contributed by atoms with Gasteiger partial charge in [0.2, 0.25) is 0 Å². The summed E-state index contributed by atoms with van der Waals surface area (Å²) in [6, 6.07) is 0. The van der Waals surface area contributed by atoms with Crippen LogP contribution in [-0.2, 0) is 9.47 Å². The maximum Gasteiger partial charge on any atom is 0.505 e. The first kappa shape index (κ1) is 11.4. The molecule has 0 atom stereocenters. The van der Waals surface area contributed by atoms with Gasteiger partial charge in [-0.1, -0.05) is 0 Å². The molecule has 60 valence electrons. The summed E-state index contributed by atoms with van der Waals surface area (Å²) in [5, 5.41) is 15.0. The van der Waals surface area contributed by atoms with Gasteiger partial charge in [0.25, 0.3) is 0 Å². The lowest BCUT2D eigenvalue weighted by Crippen LogP contribution is -1.91. The lowest BCUT2D eigenvalue weighted by Gasteiger charge is -1.79. The molecule has 2 N–H and O–H groups in total. The van der Waals surface area contributed by atoms with Crippen LogP contribution in [0.1, 0.15) is 0 Å². The molecular formula is C4H8O6. The van der Waals surface area contributed by atoms with Crippen LogP contribution in [0.25, 0.3) is 0 Å². The van der Waals surface area contributed by atoms with Crippen molar-refractivity contribution in [2.45, 2.75) is 0 Å². The van der Waals surface area contributed by atoms with E-state index in [2.05, 4.69) is 9.47 Å². The topological polar surface area (TPSA) is 93.1 Å². The van der Waals surface area contributed by atoms with E-state index in [1.165, 1.54) is 0 Å². The summed E-state index contributed by atoms with van der Waals surface area (Å²) in [5.74, 6) is 0. The van der Waals surface area contributed by atoms with Gasteiger partial charge in [0.05, 0.1) is 14.2 Å². The van der Waals surface area contributed by atoms with Crippen LogP contribution in [0.3, 0.4) is 0 Å². The average molecular weight is 152 g/mol. The van der Waals surface area contributed by atoms with Crippen molar-refractivity contribution in [2.75, 3.05) is 14.2 Å². The summed E-state index contributed by atoms with van der Waals surface area (Å²) < 4.78 is 7.33. The van der Waals surface area contributed by atoms with E-state index in [0.29, 0.717) is 0 Å². The largest absolute Gasteiger partial charge is 0.505 e. The lowest BCUT2D eigenvalue weighted by molar-refractivity contribution is 0.112. The van der Waals surface area contributed by atoms with Crippen molar-refractivity contribution in [3.05, 3.63) is 0 Å². The fourth-order valence-corrected chi connectivity index (χ4v) is 0. The van der Waals surface area contributed by atoms with E-state index in [4.69, 9.17) is 19.8 Å². The quantitative estimate of drug-likeness (QED) is 0.494. The number of carbonyl (C=O) groups is 2. The van der Waals surface area contributed by atoms with Gasteiger partial charge in [-0.25, -0.2) is 9.59 Å². The third-order valence-corrected chi connectivity index (χ3v) is 0.349. The van der Waals surface area contributed by atoms with Gasteiger partial charge in [-0.15, -0.1) is 0 Å². The number of hydrogen-bond donors (Lipinski definition) is 2. The molecule has 0 aromatic rings. The van der Waals surface area contributed by atoms with Gasteiger partial charge in [0.15, 0.2) is 0 Å². The molecule has 0 unspecified atom stereocenters. The highest BCUT2D eigenvalue weighted by Gasteiger charge is 1.81. The SMILES string of the molecule is COC(=O)O.COC(=O)O. The van der Waals surface area contributed by atoms with Gasteiger partial charge in [-0.2, -0.15) is 0 Å². The van der Waals surface area contributed by atoms with Crippen LogP contribution in [0.5, 0.6) is 0 Å². The summed E-state index contributed by atoms with van der Waals surface area (Å²) in [6.07, 6.45) is -2.49. The maximum absolute atomic E-state index is 9.15. The minimum atomic E-state index is -1.25. The van der Waals surface area contributed by atoms with Gasteiger partial charge in [-0.3, -0.25) is 0 Å². The van der Waals surface area contributed by atoms with Crippen molar-refractivity contribution in [1.29, 1.82) is 0 Å². The van der Waals surface area contributed by atoms with E-state index in [-0.39, 0.29) is 0 Å². The molecule has 0 aliphatic rings. The van der Waals surface area contributed by atoms with E-state index < -0.39 is 12.3 Å². The zero-order valence-electron chi connectivity index (χ0n) is 5.53. The number of methoxy groups -OCH3 is 2. The van der Waals surface area contributed by atoms with Gasteiger partial charge in [-0.05, 0) is 0 Å². The molecule has 10 heavy (non-hydrogen) atoms. The van der Waals surface area contributed by atoms with Gasteiger partial charge >= 0.3 is 12.3 Å². The third kappa shape index (κ3) is 31.1. The summed E-state index contributed by atoms with van der Waals surface area (Å²) in [5.41, 5.74) is 0. The Morgan fingerprint density at radius 1 is 1.00 bits per heavy atom. The standard InChI is InChI=1S/2C2H4O3/c2*1-5-2(3)4/h2*1H3,(H,3,4). The Balaban J connectivity index is 0. The first-order valence-electron chi connectivity index (χ1n) is 2.08. The van der Waals surface area contributed by atoms with Gasteiger partial charge < -0.3 is 19.7 Å². The molecule has 0 radical (unpaired) electrons. The predicted molar refractivity (Wildman–Crippen MR) is 30.1 cm³/mol. The van der Waals surface area contributed by atoms with Gasteiger partial charge in [0, 0.05) is 0 Å². The summed E-state index contributed by atoms with van der Waals surface area (Å²) in [7, 11) is 2.20. The molecule has 0 fully saturated rings. The molecule has 0 aromatic heterocycles. The zero-order valence-corrected chi connectivity index (χ0v) is 5.53. The molecule has 0 aliphatic heterocycles. The van der Waals surface area contributed by atoms with Gasteiger partial charge in [0.1, 0.15) is 0 Å². The molecule has 0 aromatic carbocycles. The number of carboxylic acid groups (broad SMARTS) is 2. The van der Waals surface area contributed by atoms with E-state index in [9.17, 15) is 0 Å². The van der Waals surface area contributed by atoms with E-state index in [1.807, 2.05) is 0 Å². The third-order valence-electron chi connectivity index (χ3n) is 0.349. The molecule has 0 bridgehead atoms. The van der Waals surface area contributed by atoms with Crippen LogP contribution in [-0.4, -0.2) is 36.7 Å². The fraction of sp³-hybridized carbons (Fsp3) is 0.500. The van der Waals surface area contributed by atoms with Crippen LogP contribution in [0.15, 0.2) is 0 Å². The van der Waals surface area contributed by atoms with E-state index in [1.54, 1.807) is 0 Å². The first-order valence-corrected chi connectivity index (χ1v) is 2.08. The Kier molecular flexibility index (Phi) is 8.56. The van der Waals surface area contributed by atoms with Crippen molar-refractivity contribution in [3.63, 3.8) is 0 Å². The number of hydrogen-bond acceptors (Lipinski definition) is 4. The number of rotatable bonds is 0. The van der Waals surface area contributed by atoms with E-state index in [0.717, 1.165) is 14.2 Å². The van der Waals surface area contributed by atoms with Crippen molar-refractivity contribution in [1.82, 2.24) is 0 Å². The van der Waals surface area contributed by atoms with Crippen molar-refractivity contribution < 1.29 is 29.3 Å². The first-order chi connectivity index (χ1) is 4.54. The Morgan fingerprint density at radius 2 is 1.10 bits per heavy atom. The molecule has 0 rings (SSSR count). The molecule has 6 nitrogen and oxygen atoms in total. The van der Waals surface area contributed by atoms with Crippen LogP contribution >= 0.6 is 0 Å².